The molecule has 2 aliphatic carbocycles. The zero-order chi connectivity index (χ0) is 12.3. The second-order valence-electron chi connectivity index (χ2n) is 5.99. The van der Waals surface area contributed by atoms with E-state index >= 15 is 0 Å². The van der Waals surface area contributed by atoms with Crippen LogP contribution in [0.25, 0.3) is 0 Å². The van der Waals surface area contributed by atoms with Gasteiger partial charge in [-0.3, -0.25) is 4.99 Å². The van der Waals surface area contributed by atoms with Crippen molar-refractivity contribution in [1.82, 2.24) is 10.6 Å². The molecule has 18 heavy (non-hydrogen) atoms. The molecule has 2 fully saturated rings. The lowest BCUT2D eigenvalue weighted by atomic mass is 9.80. The third-order valence-corrected chi connectivity index (χ3v) is 4.20. The Hall–Kier alpha value is 0. The Labute approximate surface area is 129 Å². The SMILES string of the molecule is CN=C(NC1CC1)NC1CCC(C(C)C)CC1.I. The van der Waals surface area contributed by atoms with E-state index < -0.39 is 0 Å². The van der Waals surface area contributed by atoms with Crippen molar-refractivity contribution in [1.29, 1.82) is 0 Å². The summed E-state index contributed by atoms with van der Waals surface area (Å²) in [6.45, 7) is 4.71. The molecular formula is C14H28IN3. The molecule has 0 saturated heterocycles. The number of guanidine groups is 1. The quantitative estimate of drug-likeness (QED) is 0.458. The molecule has 0 radical (unpaired) electrons. The van der Waals surface area contributed by atoms with Gasteiger partial charge in [-0.1, -0.05) is 13.8 Å². The third-order valence-electron chi connectivity index (χ3n) is 4.20. The zero-order valence-electron chi connectivity index (χ0n) is 11.9. The maximum absolute atomic E-state index is 4.31. The Morgan fingerprint density at radius 3 is 1.72 bits per heavy atom. The van der Waals surface area contributed by atoms with Gasteiger partial charge in [0, 0.05) is 19.1 Å². The van der Waals surface area contributed by atoms with Gasteiger partial charge < -0.3 is 10.6 Å². The summed E-state index contributed by atoms with van der Waals surface area (Å²) in [5.74, 6) is 2.80. The average Bonchev–Trinajstić information content (AvgIpc) is 3.13. The fourth-order valence-corrected chi connectivity index (χ4v) is 2.72. The van der Waals surface area contributed by atoms with Crippen molar-refractivity contribution < 1.29 is 0 Å². The first-order valence-electron chi connectivity index (χ1n) is 7.19. The summed E-state index contributed by atoms with van der Waals surface area (Å²) in [6, 6.07) is 1.32. The van der Waals surface area contributed by atoms with Crippen LogP contribution in [0.3, 0.4) is 0 Å². The molecule has 2 saturated carbocycles. The molecule has 0 spiro atoms. The summed E-state index contributed by atoms with van der Waals surface area (Å²) in [6.07, 6.45) is 7.95. The van der Waals surface area contributed by atoms with Gasteiger partial charge >= 0.3 is 0 Å². The van der Waals surface area contributed by atoms with Crippen LogP contribution in [0.1, 0.15) is 52.4 Å². The lowest BCUT2D eigenvalue weighted by molar-refractivity contribution is 0.250. The number of halogens is 1. The minimum Gasteiger partial charge on any atom is -0.354 e. The van der Waals surface area contributed by atoms with Gasteiger partial charge in [-0.2, -0.15) is 0 Å². The first kappa shape index (κ1) is 16.1. The number of aliphatic imine (C=N–C) groups is 1. The fourth-order valence-electron chi connectivity index (χ4n) is 2.72. The van der Waals surface area contributed by atoms with Crippen LogP contribution in [0.15, 0.2) is 4.99 Å². The molecule has 4 heteroatoms. The topological polar surface area (TPSA) is 36.4 Å². The highest BCUT2D eigenvalue weighted by Gasteiger charge is 2.26. The number of hydrogen-bond acceptors (Lipinski definition) is 1. The summed E-state index contributed by atoms with van der Waals surface area (Å²) < 4.78 is 0. The van der Waals surface area contributed by atoms with Gasteiger partial charge in [0.2, 0.25) is 0 Å². The number of hydrogen-bond donors (Lipinski definition) is 2. The lowest BCUT2D eigenvalue weighted by Gasteiger charge is -2.32. The predicted molar refractivity (Wildman–Crippen MR) is 88.7 cm³/mol. The highest BCUT2D eigenvalue weighted by Crippen LogP contribution is 2.29. The lowest BCUT2D eigenvalue weighted by Crippen LogP contribution is -2.45. The Morgan fingerprint density at radius 1 is 0.944 bits per heavy atom. The smallest absolute Gasteiger partial charge is 0.191 e. The van der Waals surface area contributed by atoms with Crippen molar-refractivity contribution in [3.63, 3.8) is 0 Å². The van der Waals surface area contributed by atoms with Crippen LogP contribution in [-0.4, -0.2) is 25.1 Å². The number of nitrogens with zero attached hydrogens (tertiary/aromatic N) is 1. The average molecular weight is 365 g/mol. The van der Waals surface area contributed by atoms with Crippen LogP contribution in [0, 0.1) is 11.8 Å². The van der Waals surface area contributed by atoms with Gasteiger partial charge in [0.25, 0.3) is 0 Å². The van der Waals surface area contributed by atoms with E-state index in [-0.39, 0.29) is 24.0 Å². The van der Waals surface area contributed by atoms with E-state index in [1.54, 1.807) is 0 Å². The van der Waals surface area contributed by atoms with Crippen LogP contribution in [0.2, 0.25) is 0 Å². The Balaban J connectivity index is 0.00000162. The summed E-state index contributed by atoms with van der Waals surface area (Å²) in [7, 11) is 1.87. The van der Waals surface area contributed by atoms with E-state index in [0.29, 0.717) is 12.1 Å². The minimum atomic E-state index is 0. The van der Waals surface area contributed by atoms with Gasteiger partial charge in [-0.15, -0.1) is 24.0 Å². The summed E-state index contributed by atoms with van der Waals surface area (Å²) in [5, 5.41) is 7.04. The normalized spacial score (nSPS) is 28.8. The van der Waals surface area contributed by atoms with Gasteiger partial charge in [0.05, 0.1) is 0 Å². The molecule has 2 aliphatic rings. The molecule has 3 nitrogen and oxygen atoms in total. The molecule has 0 aromatic carbocycles. The molecule has 0 unspecified atom stereocenters. The van der Waals surface area contributed by atoms with Gasteiger partial charge in [0.1, 0.15) is 0 Å². The fraction of sp³-hybridized carbons (Fsp3) is 0.929. The first-order valence-corrected chi connectivity index (χ1v) is 7.19. The first-order chi connectivity index (χ1) is 8.19. The predicted octanol–water partition coefficient (Wildman–Crippen LogP) is 3.15. The second kappa shape index (κ2) is 7.56. The van der Waals surface area contributed by atoms with Gasteiger partial charge in [0.15, 0.2) is 5.96 Å². The van der Waals surface area contributed by atoms with Crippen LogP contribution in [0.4, 0.5) is 0 Å². The van der Waals surface area contributed by atoms with E-state index in [1.165, 1.54) is 38.5 Å². The maximum Gasteiger partial charge on any atom is 0.191 e. The molecule has 0 atom stereocenters. The number of nitrogens with one attached hydrogen (secondary N) is 2. The molecule has 106 valence electrons. The molecule has 2 N–H and O–H groups in total. The Morgan fingerprint density at radius 2 is 1.39 bits per heavy atom. The molecular weight excluding hydrogens is 337 g/mol. The molecule has 0 heterocycles. The van der Waals surface area contributed by atoms with Crippen molar-refractivity contribution in [2.45, 2.75) is 64.5 Å². The largest absolute Gasteiger partial charge is 0.354 e. The van der Waals surface area contributed by atoms with Crippen LogP contribution < -0.4 is 10.6 Å². The zero-order valence-corrected chi connectivity index (χ0v) is 14.2. The molecule has 0 aromatic rings. The van der Waals surface area contributed by atoms with Crippen molar-refractivity contribution in [2.24, 2.45) is 16.8 Å². The highest BCUT2D eigenvalue weighted by atomic mass is 127. The summed E-state index contributed by atoms with van der Waals surface area (Å²) in [4.78, 5) is 4.31. The highest BCUT2D eigenvalue weighted by molar-refractivity contribution is 14.0. The van der Waals surface area contributed by atoms with Crippen molar-refractivity contribution in [3.05, 3.63) is 0 Å². The van der Waals surface area contributed by atoms with Crippen LogP contribution in [-0.2, 0) is 0 Å². The van der Waals surface area contributed by atoms with Crippen LogP contribution in [0.5, 0.6) is 0 Å². The summed E-state index contributed by atoms with van der Waals surface area (Å²) >= 11 is 0. The Kier molecular flexibility index (Phi) is 6.74. The summed E-state index contributed by atoms with van der Waals surface area (Å²) in [5.41, 5.74) is 0. The van der Waals surface area contributed by atoms with Crippen molar-refractivity contribution in [3.8, 4) is 0 Å². The van der Waals surface area contributed by atoms with Gasteiger partial charge in [-0.05, 0) is 50.4 Å². The van der Waals surface area contributed by atoms with Crippen molar-refractivity contribution in [2.75, 3.05) is 7.05 Å². The standard InChI is InChI=1S/C14H27N3.HI/c1-10(2)11-4-6-12(7-5-11)16-14(15-3)17-13-8-9-13;/h10-13H,4-9H2,1-3H3,(H2,15,16,17);1H. The van der Waals surface area contributed by atoms with Crippen molar-refractivity contribution >= 4 is 29.9 Å². The molecule has 0 aliphatic heterocycles. The third kappa shape index (κ3) is 4.94. The monoisotopic (exact) mass is 365 g/mol. The second-order valence-corrected chi connectivity index (χ2v) is 5.99. The van der Waals surface area contributed by atoms with E-state index in [0.717, 1.165) is 17.8 Å². The maximum atomic E-state index is 4.31. The Bertz CT molecular complexity index is 266. The molecule has 0 bridgehead atoms. The van der Waals surface area contributed by atoms with E-state index in [4.69, 9.17) is 0 Å². The van der Waals surface area contributed by atoms with E-state index in [2.05, 4.69) is 29.5 Å². The molecule has 0 amide bonds. The molecule has 2 rings (SSSR count). The molecule has 0 aromatic heterocycles. The van der Waals surface area contributed by atoms with Crippen LogP contribution >= 0.6 is 24.0 Å². The number of rotatable bonds is 3. The minimum absolute atomic E-state index is 0. The van der Waals surface area contributed by atoms with E-state index in [9.17, 15) is 0 Å². The van der Waals surface area contributed by atoms with Gasteiger partial charge in [-0.25, -0.2) is 0 Å². The van der Waals surface area contributed by atoms with E-state index in [1.807, 2.05) is 7.05 Å².